The standard InChI is InChI=1S/C10H11BrF2N2O2/c11-7-2-1-4-14-10(7)15-9(16)3-5-17-6-8(12)13/h1-2,4,8H,3,5-6H2,(H,14,15,16). The van der Waals surface area contributed by atoms with E-state index in [1.165, 1.54) is 6.20 Å². The number of alkyl halides is 2. The fourth-order valence-electron chi connectivity index (χ4n) is 1.01. The summed E-state index contributed by atoms with van der Waals surface area (Å²) in [7, 11) is 0. The molecule has 1 rings (SSSR count). The van der Waals surface area contributed by atoms with Crippen molar-refractivity contribution in [2.45, 2.75) is 12.8 Å². The maximum absolute atomic E-state index is 11.7. The summed E-state index contributed by atoms with van der Waals surface area (Å²) in [4.78, 5) is 15.3. The number of ether oxygens (including phenoxy) is 1. The van der Waals surface area contributed by atoms with Crippen LogP contribution in [0.2, 0.25) is 0 Å². The van der Waals surface area contributed by atoms with Gasteiger partial charge in [-0.25, -0.2) is 13.8 Å². The number of carbonyl (C=O) groups excluding carboxylic acids is 1. The summed E-state index contributed by atoms with van der Waals surface area (Å²) in [6, 6.07) is 3.45. The minimum atomic E-state index is -2.51. The van der Waals surface area contributed by atoms with Crippen molar-refractivity contribution in [3.8, 4) is 0 Å². The molecule has 1 N–H and O–H groups in total. The number of carbonyl (C=O) groups is 1. The average molecular weight is 309 g/mol. The topological polar surface area (TPSA) is 51.2 Å². The fraction of sp³-hybridized carbons (Fsp3) is 0.400. The van der Waals surface area contributed by atoms with Gasteiger partial charge in [-0.15, -0.1) is 0 Å². The Bertz CT molecular complexity index is 377. The number of hydrogen-bond acceptors (Lipinski definition) is 3. The van der Waals surface area contributed by atoms with Crippen molar-refractivity contribution >= 4 is 27.7 Å². The molecule has 1 aromatic heterocycles. The molecule has 0 atom stereocenters. The third-order valence-electron chi connectivity index (χ3n) is 1.73. The van der Waals surface area contributed by atoms with Gasteiger partial charge in [-0.3, -0.25) is 4.79 Å². The molecule has 0 radical (unpaired) electrons. The van der Waals surface area contributed by atoms with Crippen LogP contribution in [0.1, 0.15) is 6.42 Å². The largest absolute Gasteiger partial charge is 0.375 e. The van der Waals surface area contributed by atoms with Crippen LogP contribution in [0.5, 0.6) is 0 Å². The van der Waals surface area contributed by atoms with Crippen molar-refractivity contribution in [2.75, 3.05) is 18.5 Å². The van der Waals surface area contributed by atoms with E-state index in [1.54, 1.807) is 12.1 Å². The Balaban J connectivity index is 2.28. The number of anilines is 1. The molecule has 0 aromatic carbocycles. The Labute approximate surface area is 105 Å². The Morgan fingerprint density at radius 1 is 1.59 bits per heavy atom. The van der Waals surface area contributed by atoms with Gasteiger partial charge < -0.3 is 10.1 Å². The van der Waals surface area contributed by atoms with Gasteiger partial charge in [0.15, 0.2) is 0 Å². The molecule has 0 bridgehead atoms. The molecule has 17 heavy (non-hydrogen) atoms. The van der Waals surface area contributed by atoms with Crippen molar-refractivity contribution in [3.05, 3.63) is 22.8 Å². The lowest BCUT2D eigenvalue weighted by atomic mass is 10.4. The van der Waals surface area contributed by atoms with Gasteiger partial charge in [0, 0.05) is 6.20 Å². The van der Waals surface area contributed by atoms with Gasteiger partial charge >= 0.3 is 0 Å². The predicted molar refractivity (Wildman–Crippen MR) is 62.0 cm³/mol. The highest BCUT2D eigenvalue weighted by Crippen LogP contribution is 2.18. The van der Waals surface area contributed by atoms with E-state index in [4.69, 9.17) is 0 Å². The van der Waals surface area contributed by atoms with Crippen molar-refractivity contribution in [1.29, 1.82) is 0 Å². The molecule has 0 unspecified atom stereocenters. The van der Waals surface area contributed by atoms with Crippen LogP contribution in [0.4, 0.5) is 14.6 Å². The molecule has 4 nitrogen and oxygen atoms in total. The third-order valence-corrected chi connectivity index (χ3v) is 2.37. The zero-order valence-electron chi connectivity index (χ0n) is 8.83. The molecule has 0 aliphatic heterocycles. The van der Waals surface area contributed by atoms with E-state index in [-0.39, 0.29) is 18.9 Å². The van der Waals surface area contributed by atoms with Crippen molar-refractivity contribution in [3.63, 3.8) is 0 Å². The first-order valence-electron chi connectivity index (χ1n) is 4.86. The van der Waals surface area contributed by atoms with E-state index in [1.807, 2.05) is 0 Å². The van der Waals surface area contributed by atoms with Gasteiger partial charge in [0.05, 0.1) is 17.5 Å². The summed E-state index contributed by atoms with van der Waals surface area (Å²) < 4.78 is 28.7. The maximum Gasteiger partial charge on any atom is 0.261 e. The van der Waals surface area contributed by atoms with E-state index in [9.17, 15) is 13.6 Å². The quantitative estimate of drug-likeness (QED) is 0.821. The van der Waals surface area contributed by atoms with Crippen LogP contribution in [0, 0.1) is 0 Å². The summed E-state index contributed by atoms with van der Waals surface area (Å²) >= 11 is 3.22. The second-order valence-electron chi connectivity index (χ2n) is 3.10. The number of amides is 1. The maximum atomic E-state index is 11.7. The normalized spacial score (nSPS) is 10.6. The van der Waals surface area contributed by atoms with Crippen LogP contribution < -0.4 is 5.32 Å². The molecule has 94 valence electrons. The number of pyridine rings is 1. The van der Waals surface area contributed by atoms with Gasteiger partial charge in [0.2, 0.25) is 5.91 Å². The lowest BCUT2D eigenvalue weighted by Crippen LogP contribution is -2.16. The van der Waals surface area contributed by atoms with Crippen molar-refractivity contribution in [2.24, 2.45) is 0 Å². The van der Waals surface area contributed by atoms with E-state index in [2.05, 4.69) is 31.0 Å². The van der Waals surface area contributed by atoms with Crippen LogP contribution in [-0.2, 0) is 9.53 Å². The summed E-state index contributed by atoms with van der Waals surface area (Å²) in [5, 5.41) is 2.53. The average Bonchev–Trinajstić information content (AvgIpc) is 2.27. The van der Waals surface area contributed by atoms with E-state index in [0.717, 1.165) is 0 Å². The molecule has 0 aliphatic carbocycles. The molecule has 0 aliphatic rings. The summed E-state index contributed by atoms with van der Waals surface area (Å²) in [5.41, 5.74) is 0. The molecular formula is C10H11BrF2N2O2. The number of rotatable bonds is 6. The highest BCUT2D eigenvalue weighted by molar-refractivity contribution is 9.10. The smallest absolute Gasteiger partial charge is 0.261 e. The lowest BCUT2D eigenvalue weighted by molar-refractivity contribution is -0.117. The van der Waals surface area contributed by atoms with E-state index >= 15 is 0 Å². The second kappa shape index (κ2) is 7.29. The van der Waals surface area contributed by atoms with Gasteiger partial charge in [-0.2, -0.15) is 0 Å². The third kappa shape index (κ3) is 5.69. The zero-order chi connectivity index (χ0) is 12.7. The Kier molecular flexibility index (Phi) is 5.99. The molecule has 1 heterocycles. The first-order valence-corrected chi connectivity index (χ1v) is 5.65. The first kappa shape index (κ1) is 14.0. The van der Waals surface area contributed by atoms with Crippen LogP contribution >= 0.6 is 15.9 Å². The van der Waals surface area contributed by atoms with Gasteiger partial charge in [0.1, 0.15) is 12.4 Å². The molecule has 0 spiro atoms. The highest BCUT2D eigenvalue weighted by atomic mass is 79.9. The Hall–Kier alpha value is -1.08. The van der Waals surface area contributed by atoms with Crippen LogP contribution in [0.3, 0.4) is 0 Å². The molecule has 0 saturated carbocycles. The van der Waals surface area contributed by atoms with Crippen LogP contribution in [-0.4, -0.2) is 30.5 Å². The Morgan fingerprint density at radius 3 is 3.00 bits per heavy atom. The number of aromatic nitrogens is 1. The molecule has 1 aromatic rings. The summed E-state index contributed by atoms with van der Waals surface area (Å²) in [6.07, 6.45) is -0.966. The monoisotopic (exact) mass is 308 g/mol. The zero-order valence-corrected chi connectivity index (χ0v) is 10.4. The summed E-state index contributed by atoms with van der Waals surface area (Å²) in [6.45, 7) is -0.693. The lowest BCUT2D eigenvalue weighted by Gasteiger charge is -2.06. The van der Waals surface area contributed by atoms with Crippen LogP contribution in [0.25, 0.3) is 0 Å². The first-order chi connectivity index (χ1) is 8.09. The van der Waals surface area contributed by atoms with Gasteiger partial charge in [0.25, 0.3) is 6.43 Å². The highest BCUT2D eigenvalue weighted by Gasteiger charge is 2.07. The molecule has 0 saturated heterocycles. The predicted octanol–water partition coefficient (Wildman–Crippen LogP) is 2.45. The van der Waals surface area contributed by atoms with Crippen molar-refractivity contribution < 1.29 is 18.3 Å². The molecule has 7 heteroatoms. The number of nitrogens with zero attached hydrogens (tertiary/aromatic N) is 1. The summed E-state index contributed by atoms with van der Waals surface area (Å²) in [5.74, 6) is 0.0602. The molecule has 1 amide bonds. The molecule has 0 fully saturated rings. The number of halogens is 3. The molecular weight excluding hydrogens is 298 g/mol. The minimum Gasteiger partial charge on any atom is -0.375 e. The van der Waals surface area contributed by atoms with E-state index in [0.29, 0.717) is 10.3 Å². The minimum absolute atomic E-state index is 0.00966. The number of nitrogens with one attached hydrogen (secondary N) is 1. The second-order valence-corrected chi connectivity index (χ2v) is 3.95. The SMILES string of the molecule is O=C(CCOCC(F)F)Nc1ncccc1Br. The Morgan fingerprint density at radius 2 is 2.35 bits per heavy atom. The van der Waals surface area contributed by atoms with Gasteiger partial charge in [-0.05, 0) is 28.1 Å². The van der Waals surface area contributed by atoms with Crippen molar-refractivity contribution in [1.82, 2.24) is 4.98 Å². The number of hydrogen-bond donors (Lipinski definition) is 1. The van der Waals surface area contributed by atoms with Crippen LogP contribution in [0.15, 0.2) is 22.8 Å². The fourth-order valence-corrected chi connectivity index (χ4v) is 1.36. The van der Waals surface area contributed by atoms with Gasteiger partial charge in [-0.1, -0.05) is 0 Å². The van der Waals surface area contributed by atoms with E-state index < -0.39 is 13.0 Å².